The largest absolute Gasteiger partial charge is 1.00 e. The van der Waals surface area contributed by atoms with Crippen molar-refractivity contribution < 1.29 is 42.5 Å². The molecule has 0 aliphatic heterocycles. The predicted octanol–water partition coefficient (Wildman–Crippen LogP) is -1.96. The van der Waals surface area contributed by atoms with Crippen LogP contribution in [0.15, 0.2) is 24.3 Å². The average Bonchev–Trinajstić information content (AvgIpc) is 1.91. The van der Waals surface area contributed by atoms with Gasteiger partial charge in [-0.05, 0) is 12.5 Å². The van der Waals surface area contributed by atoms with Crippen LogP contribution in [0.1, 0.15) is 11.1 Å². The van der Waals surface area contributed by atoms with Gasteiger partial charge in [-0.15, -0.1) is 0 Å². The van der Waals surface area contributed by atoms with Gasteiger partial charge in [0.2, 0.25) is 0 Å². The summed E-state index contributed by atoms with van der Waals surface area (Å²) in [6.45, 7) is 1.90. The van der Waals surface area contributed by atoms with Crippen LogP contribution in [0, 0.1) is 6.92 Å². The monoisotopic (exact) mass is 208 g/mol. The van der Waals surface area contributed by atoms with Crippen molar-refractivity contribution in [2.24, 2.45) is 0 Å². The van der Waals surface area contributed by atoms with E-state index >= 15 is 0 Å². The molecule has 3 nitrogen and oxygen atoms in total. The van der Waals surface area contributed by atoms with E-state index in [4.69, 9.17) is 0 Å². The Bertz CT molecular complexity index is 355. The Morgan fingerprint density at radius 1 is 1.23 bits per heavy atom. The van der Waals surface area contributed by atoms with Crippen LogP contribution in [-0.4, -0.2) is 13.0 Å². The molecule has 5 heteroatoms. The maximum absolute atomic E-state index is 10.3. The molecule has 0 aromatic heterocycles. The summed E-state index contributed by atoms with van der Waals surface area (Å²) in [5, 5.41) is 0. The third kappa shape index (κ3) is 5.44. The summed E-state index contributed by atoms with van der Waals surface area (Å²) in [5.41, 5.74) is 1.58. The normalized spacial score (nSPS) is 10.6. The number of hydrogen-bond acceptors (Lipinski definition) is 3. The molecule has 0 spiro atoms. The molecular weight excluding hydrogens is 199 g/mol. The number of rotatable bonds is 2. The summed E-state index contributed by atoms with van der Waals surface area (Å²) in [6.07, 6.45) is 0. The van der Waals surface area contributed by atoms with Crippen LogP contribution in [0.4, 0.5) is 0 Å². The molecule has 1 aromatic carbocycles. The van der Waals surface area contributed by atoms with Gasteiger partial charge < -0.3 is 4.55 Å². The van der Waals surface area contributed by atoms with Crippen LogP contribution in [-0.2, 0) is 15.9 Å². The van der Waals surface area contributed by atoms with Crippen LogP contribution in [0.2, 0.25) is 0 Å². The zero-order valence-electron chi connectivity index (χ0n) is 7.65. The topological polar surface area (TPSA) is 57.2 Å². The smallest absolute Gasteiger partial charge is 0.748 e. The van der Waals surface area contributed by atoms with Crippen LogP contribution < -0.4 is 29.6 Å². The van der Waals surface area contributed by atoms with Gasteiger partial charge in [0.15, 0.2) is 0 Å². The first-order chi connectivity index (χ1) is 5.47. The van der Waals surface area contributed by atoms with Crippen molar-refractivity contribution in [1.29, 1.82) is 0 Å². The van der Waals surface area contributed by atoms with E-state index in [1.165, 1.54) is 0 Å². The third-order valence-corrected chi connectivity index (χ3v) is 2.15. The third-order valence-electron chi connectivity index (χ3n) is 1.46. The molecule has 0 aliphatic rings. The van der Waals surface area contributed by atoms with Crippen LogP contribution in [0.25, 0.3) is 0 Å². The van der Waals surface area contributed by atoms with Gasteiger partial charge in [0.25, 0.3) is 0 Å². The summed E-state index contributed by atoms with van der Waals surface area (Å²) in [4.78, 5) is 0. The molecule has 0 heterocycles. The van der Waals surface area contributed by atoms with E-state index in [1.807, 2.05) is 6.92 Å². The molecule has 0 radical (unpaired) electrons. The first-order valence-electron chi connectivity index (χ1n) is 3.46. The van der Waals surface area contributed by atoms with Crippen molar-refractivity contribution in [2.75, 3.05) is 0 Å². The van der Waals surface area contributed by atoms with Crippen molar-refractivity contribution in [3.05, 3.63) is 35.4 Å². The fourth-order valence-corrected chi connectivity index (χ4v) is 1.49. The van der Waals surface area contributed by atoms with E-state index in [9.17, 15) is 13.0 Å². The second kappa shape index (κ2) is 5.12. The summed E-state index contributed by atoms with van der Waals surface area (Å²) in [5.74, 6) is -0.423. The van der Waals surface area contributed by atoms with E-state index in [0.29, 0.717) is 5.56 Å². The maximum Gasteiger partial charge on any atom is 1.00 e. The Hall–Kier alpha value is 0.130. The molecule has 0 aliphatic carbocycles. The Labute approximate surface area is 100 Å². The second-order valence-corrected chi connectivity index (χ2v) is 4.09. The zero-order valence-corrected chi connectivity index (χ0v) is 10.5. The maximum atomic E-state index is 10.3. The van der Waals surface area contributed by atoms with Gasteiger partial charge in [-0.25, -0.2) is 8.42 Å². The molecular formula is C8H9NaO3S. The molecule has 1 rings (SSSR count). The molecule has 0 saturated heterocycles. The van der Waals surface area contributed by atoms with Crippen LogP contribution >= 0.6 is 0 Å². The second-order valence-electron chi connectivity index (χ2n) is 2.69. The fourth-order valence-electron chi connectivity index (χ4n) is 0.888. The predicted molar refractivity (Wildman–Crippen MR) is 44.6 cm³/mol. The Kier molecular flexibility index (Phi) is 5.17. The molecule has 0 N–H and O–H groups in total. The van der Waals surface area contributed by atoms with Crippen molar-refractivity contribution in [3.8, 4) is 0 Å². The van der Waals surface area contributed by atoms with Crippen molar-refractivity contribution in [3.63, 3.8) is 0 Å². The van der Waals surface area contributed by atoms with Crippen LogP contribution in [0.3, 0.4) is 0 Å². The van der Waals surface area contributed by atoms with E-state index < -0.39 is 15.9 Å². The first kappa shape index (κ1) is 13.1. The summed E-state index contributed by atoms with van der Waals surface area (Å²) in [6, 6.07) is 6.84. The van der Waals surface area contributed by atoms with E-state index in [2.05, 4.69) is 0 Å². The van der Waals surface area contributed by atoms with Gasteiger partial charge in [0.05, 0.1) is 15.9 Å². The van der Waals surface area contributed by atoms with E-state index in [0.717, 1.165) is 5.56 Å². The molecule has 0 amide bonds. The molecule has 0 unspecified atom stereocenters. The van der Waals surface area contributed by atoms with Gasteiger partial charge in [-0.2, -0.15) is 0 Å². The molecule has 0 atom stereocenters. The van der Waals surface area contributed by atoms with Gasteiger partial charge in [0, 0.05) is 0 Å². The molecule has 1 aromatic rings. The fraction of sp³-hybridized carbons (Fsp3) is 0.250. The Balaban J connectivity index is 0.00000144. The van der Waals surface area contributed by atoms with E-state index in [-0.39, 0.29) is 29.6 Å². The molecule has 0 saturated carbocycles. The number of benzene rings is 1. The summed E-state index contributed by atoms with van der Waals surface area (Å²) in [7, 11) is -4.14. The summed E-state index contributed by atoms with van der Waals surface area (Å²) < 4.78 is 31.0. The quantitative estimate of drug-likeness (QED) is 0.419. The number of aryl methyl sites for hydroxylation is 1. The minimum atomic E-state index is -4.14. The van der Waals surface area contributed by atoms with Crippen molar-refractivity contribution in [2.45, 2.75) is 12.7 Å². The Morgan fingerprint density at radius 2 is 1.69 bits per heavy atom. The van der Waals surface area contributed by atoms with Gasteiger partial charge in [0.1, 0.15) is 0 Å². The molecule has 13 heavy (non-hydrogen) atoms. The van der Waals surface area contributed by atoms with Gasteiger partial charge in [-0.3, -0.25) is 0 Å². The zero-order chi connectivity index (χ0) is 9.19. The standard InChI is InChI=1S/C8H10O3S.Na/c1-7-2-4-8(5-3-7)6-12(9,10)11;/h2-5H,6H2,1H3,(H,9,10,11);/q;+1/p-1. The Morgan fingerprint density at radius 3 is 2.08 bits per heavy atom. The van der Waals surface area contributed by atoms with Crippen molar-refractivity contribution in [1.82, 2.24) is 0 Å². The van der Waals surface area contributed by atoms with E-state index in [1.54, 1.807) is 24.3 Å². The van der Waals surface area contributed by atoms with Gasteiger partial charge >= 0.3 is 29.6 Å². The molecule has 0 fully saturated rings. The van der Waals surface area contributed by atoms with Gasteiger partial charge in [-0.1, -0.05) is 29.8 Å². The molecule has 66 valence electrons. The SMILES string of the molecule is Cc1ccc(CS(=O)(=O)[O-])cc1.[Na+]. The summed E-state index contributed by atoms with van der Waals surface area (Å²) >= 11 is 0. The molecule has 0 bridgehead atoms. The minimum Gasteiger partial charge on any atom is -0.748 e. The van der Waals surface area contributed by atoms with Crippen molar-refractivity contribution >= 4 is 10.1 Å². The minimum absolute atomic E-state index is 0. The average molecular weight is 208 g/mol. The number of hydrogen-bond donors (Lipinski definition) is 0. The van der Waals surface area contributed by atoms with Crippen LogP contribution in [0.5, 0.6) is 0 Å². The first-order valence-corrected chi connectivity index (χ1v) is 5.04.